The Balaban J connectivity index is 1.62. The fourth-order valence-corrected chi connectivity index (χ4v) is 6.25. The topological polar surface area (TPSA) is 40.5 Å². The third kappa shape index (κ3) is 1.95. The molecule has 2 N–H and O–H groups in total. The summed E-state index contributed by atoms with van der Waals surface area (Å²) in [6.07, 6.45) is 6.74. The molecule has 5 rings (SSSR count). The van der Waals surface area contributed by atoms with Crippen LogP contribution in [0, 0.1) is 23.7 Å². The minimum atomic E-state index is 0.0397. The number of benzene rings is 2. The van der Waals surface area contributed by atoms with Gasteiger partial charge in [0.05, 0.1) is 0 Å². The third-order valence-electron chi connectivity index (χ3n) is 7.28. The van der Waals surface area contributed by atoms with Crippen LogP contribution in [0.2, 0.25) is 0 Å². The smallest absolute Gasteiger partial charge is 0.115 e. The standard InChI is InChI=1S/C22H24O2/c23-18-7-3-16(4-8-18)22(17-5-9-19(24)10-6-17)12-20-14-1-2-15(11-14)21(20)13-22/h3-10,14-15,20-21,23-24H,1-2,11-13H2. The van der Waals surface area contributed by atoms with E-state index in [2.05, 4.69) is 24.3 Å². The van der Waals surface area contributed by atoms with Crippen LogP contribution in [0.1, 0.15) is 43.2 Å². The van der Waals surface area contributed by atoms with Crippen molar-refractivity contribution in [3.63, 3.8) is 0 Å². The van der Waals surface area contributed by atoms with E-state index in [1.165, 1.54) is 43.2 Å². The summed E-state index contributed by atoms with van der Waals surface area (Å²) in [5.74, 6) is 4.22. The van der Waals surface area contributed by atoms with Crippen LogP contribution in [0.3, 0.4) is 0 Å². The molecule has 2 bridgehead atoms. The van der Waals surface area contributed by atoms with E-state index in [4.69, 9.17) is 0 Å². The van der Waals surface area contributed by atoms with Gasteiger partial charge in [0, 0.05) is 5.41 Å². The van der Waals surface area contributed by atoms with E-state index in [0.717, 1.165) is 23.7 Å². The van der Waals surface area contributed by atoms with Gasteiger partial charge in [0.15, 0.2) is 0 Å². The average molecular weight is 320 g/mol. The maximum absolute atomic E-state index is 9.71. The molecule has 0 radical (unpaired) electrons. The molecule has 0 saturated heterocycles. The van der Waals surface area contributed by atoms with Crippen LogP contribution in [0.25, 0.3) is 0 Å². The van der Waals surface area contributed by atoms with Gasteiger partial charge in [-0.1, -0.05) is 24.3 Å². The first-order valence-corrected chi connectivity index (χ1v) is 9.25. The Labute approximate surface area is 143 Å². The molecule has 3 saturated carbocycles. The molecule has 4 unspecified atom stereocenters. The van der Waals surface area contributed by atoms with Crippen LogP contribution < -0.4 is 0 Å². The summed E-state index contributed by atoms with van der Waals surface area (Å²) in [7, 11) is 0. The number of rotatable bonds is 2. The molecule has 2 heteroatoms. The molecular formula is C22H24O2. The van der Waals surface area contributed by atoms with Crippen molar-refractivity contribution in [1.29, 1.82) is 0 Å². The van der Waals surface area contributed by atoms with Gasteiger partial charge in [-0.3, -0.25) is 0 Å². The maximum atomic E-state index is 9.71. The van der Waals surface area contributed by atoms with Crippen molar-refractivity contribution in [2.45, 2.75) is 37.5 Å². The highest BCUT2D eigenvalue weighted by Gasteiger charge is 2.57. The molecule has 3 aliphatic rings. The summed E-state index contributed by atoms with van der Waals surface area (Å²) in [5, 5.41) is 19.4. The molecule has 2 aromatic carbocycles. The predicted octanol–water partition coefficient (Wildman–Crippen LogP) is 4.84. The lowest BCUT2D eigenvalue weighted by Crippen LogP contribution is -2.25. The second-order valence-electron chi connectivity index (χ2n) is 8.25. The number of phenols is 2. The summed E-state index contributed by atoms with van der Waals surface area (Å²) in [6.45, 7) is 0. The van der Waals surface area contributed by atoms with Gasteiger partial charge >= 0.3 is 0 Å². The minimum absolute atomic E-state index is 0.0397. The molecule has 4 atom stereocenters. The molecule has 0 spiro atoms. The second kappa shape index (κ2) is 5.02. The van der Waals surface area contributed by atoms with E-state index in [0.29, 0.717) is 11.5 Å². The van der Waals surface area contributed by atoms with Gasteiger partial charge in [-0.2, -0.15) is 0 Å². The van der Waals surface area contributed by atoms with Crippen molar-refractivity contribution in [1.82, 2.24) is 0 Å². The van der Waals surface area contributed by atoms with Crippen molar-refractivity contribution in [3.05, 3.63) is 59.7 Å². The summed E-state index contributed by atoms with van der Waals surface area (Å²) in [4.78, 5) is 0. The van der Waals surface area contributed by atoms with Crippen molar-refractivity contribution in [3.8, 4) is 11.5 Å². The molecular weight excluding hydrogens is 296 g/mol. The molecule has 0 aliphatic heterocycles. The first kappa shape index (κ1) is 14.4. The van der Waals surface area contributed by atoms with Crippen LogP contribution in [0.15, 0.2) is 48.5 Å². The molecule has 3 aliphatic carbocycles. The fourth-order valence-electron chi connectivity index (χ4n) is 6.25. The van der Waals surface area contributed by atoms with E-state index >= 15 is 0 Å². The first-order chi connectivity index (χ1) is 11.7. The van der Waals surface area contributed by atoms with Gasteiger partial charge in [-0.05, 0) is 91.2 Å². The maximum Gasteiger partial charge on any atom is 0.115 e. The third-order valence-corrected chi connectivity index (χ3v) is 7.28. The van der Waals surface area contributed by atoms with Crippen LogP contribution in [0.4, 0.5) is 0 Å². The summed E-state index contributed by atoms with van der Waals surface area (Å²) in [6, 6.07) is 15.7. The number of fused-ring (bicyclic) bond motifs is 5. The van der Waals surface area contributed by atoms with Gasteiger partial charge in [0.25, 0.3) is 0 Å². The molecule has 124 valence electrons. The van der Waals surface area contributed by atoms with E-state index in [-0.39, 0.29) is 5.41 Å². The first-order valence-electron chi connectivity index (χ1n) is 9.25. The molecule has 2 nitrogen and oxygen atoms in total. The minimum Gasteiger partial charge on any atom is -0.508 e. The number of hydrogen-bond acceptors (Lipinski definition) is 2. The number of aromatic hydroxyl groups is 2. The van der Waals surface area contributed by atoms with Crippen molar-refractivity contribution in [2.75, 3.05) is 0 Å². The number of phenolic OH excluding ortho intramolecular Hbond substituents is 2. The average Bonchev–Trinajstić information content (AvgIpc) is 3.28. The molecule has 2 aromatic rings. The monoisotopic (exact) mass is 320 g/mol. The highest BCUT2D eigenvalue weighted by atomic mass is 16.3. The van der Waals surface area contributed by atoms with Crippen LogP contribution in [-0.4, -0.2) is 10.2 Å². The molecule has 0 aromatic heterocycles. The highest BCUT2D eigenvalue weighted by Crippen LogP contribution is 2.65. The summed E-state index contributed by atoms with van der Waals surface area (Å²) < 4.78 is 0. The van der Waals surface area contributed by atoms with Gasteiger partial charge in [0.2, 0.25) is 0 Å². The van der Waals surface area contributed by atoms with Gasteiger partial charge < -0.3 is 10.2 Å². The van der Waals surface area contributed by atoms with E-state index in [1.807, 2.05) is 24.3 Å². The van der Waals surface area contributed by atoms with Crippen LogP contribution in [-0.2, 0) is 5.41 Å². The molecule has 3 fully saturated rings. The lowest BCUT2D eigenvalue weighted by molar-refractivity contribution is 0.259. The van der Waals surface area contributed by atoms with E-state index in [9.17, 15) is 10.2 Å². The van der Waals surface area contributed by atoms with E-state index < -0.39 is 0 Å². The summed E-state index contributed by atoms with van der Waals surface area (Å²) in [5.41, 5.74) is 2.68. The van der Waals surface area contributed by atoms with E-state index in [1.54, 1.807) is 0 Å². The van der Waals surface area contributed by atoms with Crippen molar-refractivity contribution < 1.29 is 10.2 Å². The largest absolute Gasteiger partial charge is 0.508 e. The Kier molecular flexibility index (Phi) is 3.01. The van der Waals surface area contributed by atoms with Gasteiger partial charge in [0.1, 0.15) is 11.5 Å². The Morgan fingerprint density at radius 3 is 1.50 bits per heavy atom. The van der Waals surface area contributed by atoms with Crippen molar-refractivity contribution in [2.24, 2.45) is 23.7 Å². The Hall–Kier alpha value is -1.96. The van der Waals surface area contributed by atoms with Gasteiger partial charge in [-0.15, -0.1) is 0 Å². The zero-order valence-electron chi connectivity index (χ0n) is 13.9. The van der Waals surface area contributed by atoms with Crippen LogP contribution in [0.5, 0.6) is 11.5 Å². The predicted molar refractivity (Wildman–Crippen MR) is 94.0 cm³/mol. The normalized spacial score (nSPS) is 32.8. The highest BCUT2D eigenvalue weighted by molar-refractivity contribution is 5.45. The second-order valence-corrected chi connectivity index (χ2v) is 8.25. The Morgan fingerprint density at radius 1 is 0.667 bits per heavy atom. The molecule has 24 heavy (non-hydrogen) atoms. The van der Waals surface area contributed by atoms with Crippen LogP contribution >= 0.6 is 0 Å². The lowest BCUT2D eigenvalue weighted by atomic mass is 9.71. The fraction of sp³-hybridized carbons (Fsp3) is 0.455. The molecule has 0 amide bonds. The van der Waals surface area contributed by atoms with Crippen molar-refractivity contribution >= 4 is 0 Å². The Bertz CT molecular complexity index is 681. The number of hydrogen-bond donors (Lipinski definition) is 2. The quantitative estimate of drug-likeness (QED) is 0.831. The zero-order chi connectivity index (χ0) is 16.3. The zero-order valence-corrected chi connectivity index (χ0v) is 13.9. The molecule has 0 heterocycles. The Morgan fingerprint density at radius 2 is 1.08 bits per heavy atom. The lowest BCUT2D eigenvalue weighted by Gasteiger charge is -2.32. The SMILES string of the molecule is Oc1ccc(C2(c3ccc(O)cc3)CC3C4CCC(C4)C3C2)cc1. The van der Waals surface area contributed by atoms with Gasteiger partial charge in [-0.25, -0.2) is 0 Å². The summed E-state index contributed by atoms with van der Waals surface area (Å²) >= 11 is 0.